The van der Waals surface area contributed by atoms with Crippen LogP contribution in [0.25, 0.3) is 16.5 Å². The number of amides is 1. The molecule has 156 valence electrons. The summed E-state index contributed by atoms with van der Waals surface area (Å²) in [5, 5.41) is 1.02. The van der Waals surface area contributed by atoms with E-state index in [0.717, 1.165) is 48.1 Å². The first-order valence-corrected chi connectivity index (χ1v) is 10.7. The van der Waals surface area contributed by atoms with Gasteiger partial charge in [-0.1, -0.05) is 32.1 Å². The second-order valence-corrected chi connectivity index (χ2v) is 7.78. The third-order valence-electron chi connectivity index (χ3n) is 5.99. The Balaban J connectivity index is 1.44. The molecule has 0 aliphatic carbocycles. The molecule has 0 atom stereocenters. The van der Waals surface area contributed by atoms with Gasteiger partial charge in [-0.15, -0.1) is 0 Å². The van der Waals surface area contributed by atoms with Crippen molar-refractivity contribution in [3.63, 3.8) is 0 Å². The molecule has 2 aromatic carbocycles. The van der Waals surface area contributed by atoms with Crippen molar-refractivity contribution in [3.05, 3.63) is 77.2 Å². The number of carbonyl (C=O) groups is 1. The molecular formula is C25H28FN3O. The number of hydrogen-bond acceptors (Lipinski definition) is 2. The Kier molecular flexibility index (Phi) is 6.00. The lowest BCUT2D eigenvalue weighted by molar-refractivity contribution is 0.0773. The summed E-state index contributed by atoms with van der Waals surface area (Å²) >= 11 is 0. The number of hydrogen-bond donors (Lipinski definition) is 1. The lowest BCUT2D eigenvalue weighted by Crippen LogP contribution is -2.34. The molecule has 0 radical (unpaired) electrons. The summed E-state index contributed by atoms with van der Waals surface area (Å²) in [4.78, 5) is 20.3. The van der Waals surface area contributed by atoms with Crippen LogP contribution < -0.4 is 0 Å². The molecule has 1 aliphatic rings. The first-order chi connectivity index (χ1) is 14.6. The van der Waals surface area contributed by atoms with Gasteiger partial charge in [0.1, 0.15) is 5.82 Å². The molecule has 1 aliphatic heterocycles. The smallest absolute Gasteiger partial charge is 0.254 e. The molecule has 4 nitrogen and oxygen atoms in total. The fraction of sp³-hybridized carbons (Fsp3) is 0.320. The molecule has 1 N–H and O–H groups in total. The second kappa shape index (κ2) is 8.84. The van der Waals surface area contributed by atoms with Gasteiger partial charge in [0.25, 0.3) is 5.91 Å². The number of nitrogens with one attached hydrogen (secondary N) is 1. The van der Waals surface area contributed by atoms with Crippen LogP contribution in [0.15, 0.2) is 54.7 Å². The Morgan fingerprint density at radius 1 is 1.13 bits per heavy atom. The lowest BCUT2D eigenvalue weighted by atomic mass is 9.98. The molecule has 0 bridgehead atoms. The Hall–Kier alpha value is -2.92. The zero-order chi connectivity index (χ0) is 21.1. The molecule has 0 unspecified atom stereocenters. The van der Waals surface area contributed by atoms with Crippen LogP contribution in [0, 0.1) is 5.82 Å². The van der Waals surface area contributed by atoms with Crippen LogP contribution in [0.2, 0.25) is 0 Å². The summed E-state index contributed by atoms with van der Waals surface area (Å²) in [5.41, 5.74) is 5.06. The Bertz CT molecular complexity index is 1060. The van der Waals surface area contributed by atoms with Gasteiger partial charge in [-0.2, -0.15) is 0 Å². The number of aromatic nitrogens is 1. The normalized spacial score (nSPS) is 14.4. The number of H-pyrrole nitrogens is 1. The topological polar surface area (TPSA) is 39.3 Å². The van der Waals surface area contributed by atoms with E-state index in [0.29, 0.717) is 13.1 Å². The molecule has 2 heterocycles. The number of fused-ring (bicyclic) bond motifs is 1. The largest absolute Gasteiger partial charge is 0.360 e. The SMILES string of the molecule is CCN(CC)Cc1ccc(C(=O)N2CC=C(c3c[nH]c4cc(F)ccc34)CC2)cc1. The van der Waals surface area contributed by atoms with Crippen LogP contribution >= 0.6 is 0 Å². The Morgan fingerprint density at radius 2 is 1.90 bits per heavy atom. The van der Waals surface area contributed by atoms with Crippen LogP contribution in [0.5, 0.6) is 0 Å². The maximum Gasteiger partial charge on any atom is 0.254 e. The highest BCUT2D eigenvalue weighted by molar-refractivity contribution is 5.96. The van der Waals surface area contributed by atoms with Crippen LogP contribution in [0.4, 0.5) is 4.39 Å². The van der Waals surface area contributed by atoms with Crippen molar-refractivity contribution in [2.75, 3.05) is 26.2 Å². The highest BCUT2D eigenvalue weighted by Gasteiger charge is 2.20. The van der Waals surface area contributed by atoms with E-state index in [9.17, 15) is 9.18 Å². The van der Waals surface area contributed by atoms with Crippen molar-refractivity contribution in [1.29, 1.82) is 0 Å². The fourth-order valence-corrected chi connectivity index (χ4v) is 4.10. The van der Waals surface area contributed by atoms with E-state index >= 15 is 0 Å². The zero-order valence-electron chi connectivity index (χ0n) is 17.6. The van der Waals surface area contributed by atoms with Crippen LogP contribution in [0.3, 0.4) is 0 Å². The number of nitrogens with zero attached hydrogens (tertiary/aromatic N) is 2. The van der Waals surface area contributed by atoms with Crippen molar-refractivity contribution in [2.45, 2.75) is 26.8 Å². The highest BCUT2D eigenvalue weighted by atomic mass is 19.1. The summed E-state index contributed by atoms with van der Waals surface area (Å²) in [6, 6.07) is 12.8. The monoisotopic (exact) mass is 405 g/mol. The van der Waals surface area contributed by atoms with E-state index in [4.69, 9.17) is 0 Å². The minimum atomic E-state index is -0.242. The van der Waals surface area contributed by atoms with Gasteiger partial charge in [-0.05, 0) is 61.0 Å². The first kappa shape index (κ1) is 20.4. The van der Waals surface area contributed by atoms with Gasteiger partial charge in [-0.25, -0.2) is 4.39 Å². The molecule has 0 fully saturated rings. The van der Waals surface area contributed by atoms with E-state index < -0.39 is 0 Å². The molecule has 0 saturated heterocycles. The number of benzene rings is 2. The summed E-state index contributed by atoms with van der Waals surface area (Å²) < 4.78 is 13.4. The third-order valence-corrected chi connectivity index (χ3v) is 5.99. The van der Waals surface area contributed by atoms with Crippen molar-refractivity contribution >= 4 is 22.4 Å². The van der Waals surface area contributed by atoms with Crippen LogP contribution in [-0.2, 0) is 6.54 Å². The van der Waals surface area contributed by atoms with Gasteiger partial charge in [0.15, 0.2) is 0 Å². The van der Waals surface area contributed by atoms with Gasteiger partial charge >= 0.3 is 0 Å². The molecule has 5 heteroatoms. The zero-order valence-corrected chi connectivity index (χ0v) is 17.6. The summed E-state index contributed by atoms with van der Waals surface area (Å²) in [6.45, 7) is 8.53. The highest BCUT2D eigenvalue weighted by Crippen LogP contribution is 2.30. The van der Waals surface area contributed by atoms with Crippen molar-refractivity contribution in [2.24, 2.45) is 0 Å². The summed E-state index contributed by atoms with van der Waals surface area (Å²) in [7, 11) is 0. The summed E-state index contributed by atoms with van der Waals surface area (Å²) in [5.74, 6) is -0.172. The van der Waals surface area contributed by atoms with Crippen molar-refractivity contribution < 1.29 is 9.18 Å². The number of halogens is 1. The van der Waals surface area contributed by atoms with Crippen LogP contribution in [0.1, 0.15) is 41.8 Å². The van der Waals surface area contributed by atoms with E-state index in [-0.39, 0.29) is 11.7 Å². The number of rotatable bonds is 6. The maximum absolute atomic E-state index is 13.4. The molecule has 30 heavy (non-hydrogen) atoms. The number of aromatic amines is 1. The molecule has 1 aromatic heterocycles. The lowest BCUT2D eigenvalue weighted by Gasteiger charge is -2.27. The van der Waals surface area contributed by atoms with E-state index in [1.807, 2.05) is 29.3 Å². The minimum absolute atomic E-state index is 0.0701. The molecular weight excluding hydrogens is 377 g/mol. The van der Waals surface area contributed by atoms with Crippen molar-refractivity contribution in [3.8, 4) is 0 Å². The Labute approximate surface area is 177 Å². The molecule has 3 aromatic rings. The Morgan fingerprint density at radius 3 is 2.57 bits per heavy atom. The third kappa shape index (κ3) is 4.17. The van der Waals surface area contributed by atoms with E-state index in [1.54, 1.807) is 0 Å². The van der Waals surface area contributed by atoms with E-state index in [1.165, 1.54) is 23.3 Å². The molecule has 0 saturated carbocycles. The molecule has 4 rings (SSSR count). The average molecular weight is 406 g/mol. The summed E-state index contributed by atoms with van der Waals surface area (Å²) in [6.07, 6.45) is 4.83. The van der Waals surface area contributed by atoms with Gasteiger partial charge in [-0.3, -0.25) is 9.69 Å². The van der Waals surface area contributed by atoms with Crippen molar-refractivity contribution in [1.82, 2.24) is 14.8 Å². The second-order valence-electron chi connectivity index (χ2n) is 7.78. The predicted octanol–water partition coefficient (Wildman–Crippen LogP) is 5.08. The first-order valence-electron chi connectivity index (χ1n) is 10.7. The average Bonchev–Trinajstić information content (AvgIpc) is 3.20. The standard InChI is InChI=1S/C25H28FN3O/c1-3-28(4-2)17-18-5-7-20(8-6-18)25(30)29-13-11-19(12-14-29)23-16-27-24-15-21(26)9-10-22(23)24/h5-11,15-16,27H,3-4,12-14,17H2,1-2H3. The fourth-order valence-electron chi connectivity index (χ4n) is 4.10. The molecule has 1 amide bonds. The maximum atomic E-state index is 13.4. The predicted molar refractivity (Wildman–Crippen MR) is 120 cm³/mol. The molecule has 0 spiro atoms. The van der Waals surface area contributed by atoms with Gasteiger partial charge in [0.2, 0.25) is 0 Å². The quantitative estimate of drug-likeness (QED) is 0.621. The van der Waals surface area contributed by atoms with E-state index in [2.05, 4.69) is 41.9 Å². The van der Waals surface area contributed by atoms with Gasteiger partial charge in [0.05, 0.1) is 0 Å². The van der Waals surface area contributed by atoms with Crippen LogP contribution in [-0.4, -0.2) is 46.9 Å². The van der Waals surface area contributed by atoms with Gasteiger partial charge in [0, 0.05) is 47.9 Å². The number of carbonyl (C=O) groups excluding carboxylic acids is 1. The van der Waals surface area contributed by atoms with Gasteiger partial charge < -0.3 is 9.88 Å². The minimum Gasteiger partial charge on any atom is -0.360 e.